The quantitative estimate of drug-likeness (QED) is 0.738. The average Bonchev–Trinajstić information content (AvgIpc) is 2.85. The fourth-order valence-corrected chi connectivity index (χ4v) is 4.09. The van der Waals surface area contributed by atoms with Gasteiger partial charge in [0, 0.05) is 28.5 Å². The first-order valence-electron chi connectivity index (χ1n) is 7.07. The molecule has 0 fully saturated rings. The van der Waals surface area contributed by atoms with Crippen molar-refractivity contribution >= 4 is 21.4 Å². The number of aliphatic hydroxyl groups is 1. The summed E-state index contributed by atoms with van der Waals surface area (Å²) >= 11 is 1.74. The van der Waals surface area contributed by atoms with E-state index in [1.807, 2.05) is 24.3 Å². The standard InChI is InChI=1S/C18H17FOS/c1-12(13-6-8-14(19)9-7-13)18-15-4-2-3-5-16(15)21-17(18)10-11-20/h2-9,12,20H,10-11H2,1H3/t12-/m1/s1. The van der Waals surface area contributed by atoms with Crippen LogP contribution < -0.4 is 0 Å². The Morgan fingerprint density at radius 1 is 1.10 bits per heavy atom. The zero-order valence-electron chi connectivity index (χ0n) is 11.8. The van der Waals surface area contributed by atoms with Crippen LogP contribution in [0.4, 0.5) is 4.39 Å². The van der Waals surface area contributed by atoms with Crippen molar-refractivity contribution in [1.29, 1.82) is 0 Å². The van der Waals surface area contributed by atoms with Crippen molar-refractivity contribution in [3.63, 3.8) is 0 Å². The van der Waals surface area contributed by atoms with E-state index in [0.29, 0.717) is 6.42 Å². The minimum Gasteiger partial charge on any atom is -0.396 e. The second kappa shape index (κ2) is 5.96. The molecule has 1 aromatic heterocycles. The van der Waals surface area contributed by atoms with Crippen molar-refractivity contribution in [1.82, 2.24) is 0 Å². The maximum atomic E-state index is 13.1. The number of fused-ring (bicyclic) bond motifs is 1. The van der Waals surface area contributed by atoms with Crippen molar-refractivity contribution in [3.8, 4) is 0 Å². The number of halogens is 1. The van der Waals surface area contributed by atoms with Gasteiger partial charge in [-0.05, 0) is 34.7 Å². The molecule has 0 spiro atoms. The van der Waals surface area contributed by atoms with E-state index in [1.165, 1.54) is 32.7 Å². The fourth-order valence-electron chi connectivity index (χ4n) is 2.80. The smallest absolute Gasteiger partial charge is 0.123 e. The Bertz CT molecular complexity index is 746. The summed E-state index contributed by atoms with van der Waals surface area (Å²) in [6.45, 7) is 2.29. The molecule has 3 heteroatoms. The summed E-state index contributed by atoms with van der Waals surface area (Å²) in [5.74, 6) is -0.0278. The summed E-state index contributed by atoms with van der Waals surface area (Å²) in [6, 6.07) is 15.0. The Hall–Kier alpha value is -1.71. The molecule has 108 valence electrons. The van der Waals surface area contributed by atoms with Crippen LogP contribution >= 0.6 is 11.3 Å². The molecule has 1 nitrogen and oxygen atoms in total. The van der Waals surface area contributed by atoms with E-state index in [-0.39, 0.29) is 18.3 Å². The van der Waals surface area contributed by atoms with Crippen molar-refractivity contribution in [3.05, 3.63) is 70.4 Å². The zero-order chi connectivity index (χ0) is 14.8. The van der Waals surface area contributed by atoms with Gasteiger partial charge >= 0.3 is 0 Å². The SMILES string of the molecule is C[C@H](c1ccc(F)cc1)c1c(CCO)sc2ccccc12. The monoisotopic (exact) mass is 300 g/mol. The van der Waals surface area contributed by atoms with Crippen molar-refractivity contribution < 1.29 is 9.50 Å². The van der Waals surface area contributed by atoms with Crippen LogP contribution in [0.15, 0.2) is 48.5 Å². The summed E-state index contributed by atoms with van der Waals surface area (Å²) in [5.41, 5.74) is 2.36. The van der Waals surface area contributed by atoms with Crippen LogP contribution in [0.25, 0.3) is 10.1 Å². The molecule has 0 radical (unpaired) electrons. The maximum Gasteiger partial charge on any atom is 0.123 e. The van der Waals surface area contributed by atoms with E-state index in [0.717, 1.165) is 5.56 Å². The molecule has 0 aliphatic rings. The molecule has 1 atom stereocenters. The number of thiophene rings is 1. The first-order chi connectivity index (χ1) is 10.2. The second-order valence-corrected chi connectivity index (χ2v) is 6.32. The molecule has 0 unspecified atom stereocenters. The Morgan fingerprint density at radius 2 is 1.81 bits per heavy atom. The minimum absolute atomic E-state index is 0.149. The van der Waals surface area contributed by atoms with Gasteiger partial charge in [-0.1, -0.05) is 37.3 Å². The van der Waals surface area contributed by atoms with E-state index < -0.39 is 0 Å². The van der Waals surface area contributed by atoms with Crippen molar-refractivity contribution in [2.75, 3.05) is 6.61 Å². The van der Waals surface area contributed by atoms with E-state index >= 15 is 0 Å². The Morgan fingerprint density at radius 3 is 2.52 bits per heavy atom. The van der Waals surface area contributed by atoms with Crippen LogP contribution in [0.1, 0.15) is 28.8 Å². The molecule has 0 saturated carbocycles. The molecule has 0 bridgehead atoms. The molecule has 0 saturated heterocycles. The fraction of sp³-hybridized carbons (Fsp3) is 0.222. The van der Waals surface area contributed by atoms with Gasteiger partial charge in [-0.2, -0.15) is 0 Å². The molecule has 3 rings (SSSR count). The predicted octanol–water partition coefficient (Wildman–Crippen LogP) is 4.73. The van der Waals surface area contributed by atoms with Crippen molar-refractivity contribution in [2.45, 2.75) is 19.3 Å². The average molecular weight is 300 g/mol. The minimum atomic E-state index is -0.211. The number of rotatable bonds is 4. The van der Waals surface area contributed by atoms with Crippen LogP contribution in [0, 0.1) is 5.82 Å². The highest BCUT2D eigenvalue weighted by molar-refractivity contribution is 7.19. The van der Waals surface area contributed by atoms with Gasteiger partial charge in [0.2, 0.25) is 0 Å². The topological polar surface area (TPSA) is 20.2 Å². The molecule has 2 aromatic carbocycles. The number of aliphatic hydroxyl groups excluding tert-OH is 1. The summed E-state index contributed by atoms with van der Waals surface area (Å²) in [5, 5.41) is 10.6. The lowest BCUT2D eigenvalue weighted by Gasteiger charge is -2.14. The summed E-state index contributed by atoms with van der Waals surface area (Å²) < 4.78 is 14.4. The number of hydrogen-bond acceptors (Lipinski definition) is 2. The molecule has 1 N–H and O–H groups in total. The molecule has 0 aliphatic heterocycles. The lowest BCUT2D eigenvalue weighted by molar-refractivity contribution is 0.300. The molecule has 0 aliphatic carbocycles. The largest absolute Gasteiger partial charge is 0.396 e. The third kappa shape index (κ3) is 2.71. The third-order valence-electron chi connectivity index (χ3n) is 3.85. The van der Waals surface area contributed by atoms with Gasteiger partial charge in [0.05, 0.1) is 0 Å². The Balaban J connectivity index is 2.13. The van der Waals surface area contributed by atoms with Crippen molar-refractivity contribution in [2.24, 2.45) is 0 Å². The summed E-state index contributed by atoms with van der Waals surface area (Å²) in [4.78, 5) is 1.22. The van der Waals surface area contributed by atoms with Gasteiger partial charge < -0.3 is 5.11 Å². The highest BCUT2D eigenvalue weighted by atomic mass is 32.1. The van der Waals surface area contributed by atoms with E-state index in [1.54, 1.807) is 11.3 Å². The number of hydrogen-bond donors (Lipinski definition) is 1. The Labute approximate surface area is 127 Å². The normalized spacial score (nSPS) is 12.7. The third-order valence-corrected chi connectivity index (χ3v) is 5.10. The number of benzene rings is 2. The highest BCUT2D eigenvalue weighted by Gasteiger charge is 2.18. The molecular weight excluding hydrogens is 283 g/mol. The van der Waals surface area contributed by atoms with E-state index in [4.69, 9.17) is 0 Å². The molecule has 21 heavy (non-hydrogen) atoms. The van der Waals surface area contributed by atoms with Crippen LogP contribution in [0.5, 0.6) is 0 Å². The zero-order valence-corrected chi connectivity index (χ0v) is 12.7. The molecule has 3 aromatic rings. The molecule has 0 amide bonds. The van der Waals surface area contributed by atoms with Gasteiger partial charge in [-0.15, -0.1) is 11.3 Å². The van der Waals surface area contributed by atoms with Crippen LogP contribution in [0.3, 0.4) is 0 Å². The lowest BCUT2D eigenvalue weighted by Crippen LogP contribution is -2.00. The molecular formula is C18H17FOS. The summed E-state index contributed by atoms with van der Waals surface area (Å²) in [6.07, 6.45) is 0.667. The maximum absolute atomic E-state index is 13.1. The van der Waals surface area contributed by atoms with Gasteiger partial charge in [0.15, 0.2) is 0 Å². The van der Waals surface area contributed by atoms with E-state index in [9.17, 15) is 9.50 Å². The van der Waals surface area contributed by atoms with Crippen LogP contribution in [-0.4, -0.2) is 11.7 Å². The lowest BCUT2D eigenvalue weighted by atomic mass is 9.90. The molecule has 1 heterocycles. The Kier molecular flexibility index (Phi) is 4.04. The van der Waals surface area contributed by atoms with Gasteiger partial charge in [-0.25, -0.2) is 4.39 Å². The first kappa shape index (κ1) is 14.2. The van der Waals surface area contributed by atoms with Gasteiger partial charge in [-0.3, -0.25) is 0 Å². The van der Waals surface area contributed by atoms with Crippen LogP contribution in [-0.2, 0) is 6.42 Å². The van der Waals surface area contributed by atoms with Crippen LogP contribution in [0.2, 0.25) is 0 Å². The van der Waals surface area contributed by atoms with Gasteiger partial charge in [0.25, 0.3) is 0 Å². The highest BCUT2D eigenvalue weighted by Crippen LogP contribution is 2.39. The van der Waals surface area contributed by atoms with E-state index in [2.05, 4.69) is 19.1 Å². The van der Waals surface area contributed by atoms with Gasteiger partial charge in [0.1, 0.15) is 5.82 Å². The summed E-state index contributed by atoms with van der Waals surface area (Å²) in [7, 11) is 0. The second-order valence-electron chi connectivity index (χ2n) is 5.18. The first-order valence-corrected chi connectivity index (χ1v) is 7.89. The predicted molar refractivity (Wildman–Crippen MR) is 86.5 cm³/mol.